The van der Waals surface area contributed by atoms with E-state index in [-0.39, 0.29) is 11.8 Å². The van der Waals surface area contributed by atoms with Crippen LogP contribution in [0.2, 0.25) is 0 Å². The number of hydrogen-bond acceptors (Lipinski definition) is 5. The number of rotatable bonds is 6. The van der Waals surface area contributed by atoms with Crippen molar-refractivity contribution in [2.45, 2.75) is 24.3 Å². The maximum absolute atomic E-state index is 13.0. The molecule has 0 radical (unpaired) electrons. The molecule has 3 heterocycles. The quantitative estimate of drug-likeness (QED) is 0.387. The molecule has 7 rings (SSSR count). The van der Waals surface area contributed by atoms with Gasteiger partial charge in [0.05, 0.1) is 36.9 Å². The molecule has 0 bridgehead atoms. The topological polar surface area (TPSA) is 79.5 Å². The predicted octanol–water partition coefficient (Wildman–Crippen LogP) is 4.95. The second kappa shape index (κ2) is 9.11. The van der Waals surface area contributed by atoms with Gasteiger partial charge in [-0.1, -0.05) is 48.5 Å². The number of ether oxygens (including phenoxy) is 2. The molecule has 1 aliphatic carbocycles. The van der Waals surface area contributed by atoms with Gasteiger partial charge >= 0.3 is 0 Å². The maximum Gasteiger partial charge on any atom is 0.235 e. The third-order valence-corrected chi connectivity index (χ3v) is 8.26. The van der Waals surface area contributed by atoms with Gasteiger partial charge in [0.1, 0.15) is 5.75 Å². The van der Waals surface area contributed by atoms with Gasteiger partial charge in [-0.05, 0) is 46.9 Å². The Hall–Kier alpha value is -3.94. The molecule has 2 fully saturated rings. The molecule has 1 amide bonds. The average molecular weight is 507 g/mol. The summed E-state index contributed by atoms with van der Waals surface area (Å²) in [6.45, 7) is 4.59. The van der Waals surface area contributed by atoms with E-state index in [2.05, 4.69) is 75.0 Å². The highest BCUT2D eigenvalue weighted by atomic mass is 16.5. The number of methoxy groups -OCH3 is 1. The van der Waals surface area contributed by atoms with Crippen LogP contribution >= 0.6 is 0 Å². The average Bonchev–Trinajstić information content (AvgIpc) is 3.49. The van der Waals surface area contributed by atoms with Crippen LogP contribution < -0.4 is 10.1 Å². The number of carbonyl (C=O) groups is 1. The van der Waals surface area contributed by atoms with Crippen molar-refractivity contribution >= 4 is 34.6 Å². The van der Waals surface area contributed by atoms with Gasteiger partial charge in [0.15, 0.2) is 0 Å². The molecular weight excluding hydrogens is 476 g/mol. The molecule has 2 N–H and O–H groups in total. The number of anilines is 1. The molecule has 7 nitrogen and oxygen atoms in total. The van der Waals surface area contributed by atoms with Crippen LogP contribution in [0, 0.1) is 0 Å². The summed E-state index contributed by atoms with van der Waals surface area (Å²) in [5, 5.41) is 11.9. The molecule has 1 spiro atoms. The van der Waals surface area contributed by atoms with Gasteiger partial charge in [-0.25, -0.2) is 0 Å². The smallest absolute Gasteiger partial charge is 0.235 e. The standard InChI is InChI=1S/C31H30N4O3/c1-37-23-8-10-25-29(17-23)32-30(36)31(25)18-26(31)22-7-9-24-27(33-34-28(24)16-22)11-6-20-2-4-21(5-3-20)19-35-12-14-38-15-13-35/h2-11,16-17,26H,12-15,18-19H2,1H3,(H,32,36)(H,33,34)/b11-6+/t26-,31-/m0/s1. The van der Waals surface area contributed by atoms with Crippen molar-refractivity contribution in [3.8, 4) is 5.75 Å². The normalized spacial score (nSPS) is 22.8. The summed E-state index contributed by atoms with van der Waals surface area (Å²) in [5.74, 6) is 0.983. The van der Waals surface area contributed by atoms with Crippen LogP contribution in [0.3, 0.4) is 0 Å². The zero-order valence-corrected chi connectivity index (χ0v) is 21.4. The van der Waals surface area contributed by atoms with E-state index in [1.165, 1.54) is 5.56 Å². The minimum absolute atomic E-state index is 0.0787. The van der Waals surface area contributed by atoms with Crippen molar-refractivity contribution in [1.82, 2.24) is 15.1 Å². The van der Waals surface area contributed by atoms with Crippen LogP contribution in [-0.2, 0) is 21.5 Å². The van der Waals surface area contributed by atoms with Crippen LogP contribution in [0.25, 0.3) is 23.1 Å². The zero-order chi connectivity index (χ0) is 25.7. The summed E-state index contributed by atoms with van der Waals surface area (Å²) in [5.41, 5.74) is 6.96. The van der Waals surface area contributed by atoms with Gasteiger partial charge in [-0.3, -0.25) is 14.8 Å². The second-order valence-electron chi connectivity index (χ2n) is 10.5. The lowest BCUT2D eigenvalue weighted by atomic mass is 9.91. The van der Waals surface area contributed by atoms with E-state index in [0.717, 1.165) is 84.0 Å². The Morgan fingerprint density at radius 3 is 2.74 bits per heavy atom. The minimum Gasteiger partial charge on any atom is -0.497 e. The third kappa shape index (κ3) is 3.90. The number of nitrogens with zero attached hydrogens (tertiary/aromatic N) is 2. The van der Waals surface area contributed by atoms with Crippen LogP contribution in [0.15, 0.2) is 60.7 Å². The molecule has 7 heteroatoms. The monoisotopic (exact) mass is 506 g/mol. The number of carbonyl (C=O) groups excluding carboxylic acids is 1. The van der Waals surface area contributed by atoms with Crippen LogP contribution in [0.5, 0.6) is 5.75 Å². The second-order valence-corrected chi connectivity index (χ2v) is 10.5. The molecule has 0 unspecified atom stereocenters. The number of aromatic nitrogens is 2. The number of fused-ring (bicyclic) bond motifs is 3. The first-order chi connectivity index (χ1) is 18.6. The molecular formula is C31H30N4O3. The zero-order valence-electron chi connectivity index (χ0n) is 21.4. The van der Waals surface area contributed by atoms with E-state index in [9.17, 15) is 4.79 Å². The predicted molar refractivity (Wildman–Crippen MR) is 148 cm³/mol. The molecule has 2 atom stereocenters. The van der Waals surface area contributed by atoms with Crippen LogP contribution in [-0.4, -0.2) is 54.4 Å². The minimum atomic E-state index is -0.480. The Balaban J connectivity index is 1.07. The molecule has 1 aromatic heterocycles. The largest absolute Gasteiger partial charge is 0.497 e. The maximum atomic E-state index is 13.0. The number of nitrogens with one attached hydrogen (secondary N) is 2. The van der Waals surface area contributed by atoms with Gasteiger partial charge in [0.2, 0.25) is 5.91 Å². The van der Waals surface area contributed by atoms with Crippen molar-refractivity contribution in [3.05, 3.63) is 88.6 Å². The Morgan fingerprint density at radius 2 is 1.92 bits per heavy atom. The summed E-state index contributed by atoms with van der Waals surface area (Å²) in [6.07, 6.45) is 4.97. The van der Waals surface area contributed by atoms with Crippen molar-refractivity contribution in [2.24, 2.45) is 0 Å². The first-order valence-electron chi connectivity index (χ1n) is 13.2. The SMILES string of the molecule is COc1ccc2c(c1)NC(=O)[C@@]21C[C@H]1c1ccc2c(/C=C/c3ccc(CN4CCOCC4)cc3)n[nH]c2c1. The van der Waals surface area contributed by atoms with Gasteiger partial charge in [0, 0.05) is 42.7 Å². The highest BCUT2D eigenvalue weighted by Crippen LogP contribution is 2.65. The number of amides is 1. The molecule has 1 saturated carbocycles. The first kappa shape index (κ1) is 23.2. The number of morpholine rings is 1. The van der Waals surface area contributed by atoms with Gasteiger partial charge in [-0.2, -0.15) is 5.10 Å². The highest BCUT2D eigenvalue weighted by Gasteiger charge is 2.65. The van der Waals surface area contributed by atoms with E-state index < -0.39 is 5.41 Å². The molecule has 3 aromatic carbocycles. The third-order valence-electron chi connectivity index (χ3n) is 8.26. The molecule has 2 aliphatic heterocycles. The van der Waals surface area contributed by atoms with E-state index in [1.54, 1.807) is 7.11 Å². The van der Waals surface area contributed by atoms with E-state index in [4.69, 9.17) is 9.47 Å². The Labute approximate surface area is 221 Å². The summed E-state index contributed by atoms with van der Waals surface area (Å²) in [4.78, 5) is 15.4. The lowest BCUT2D eigenvalue weighted by Gasteiger charge is -2.26. The molecule has 1 saturated heterocycles. The number of aromatic amines is 1. The summed E-state index contributed by atoms with van der Waals surface area (Å²) < 4.78 is 10.8. The van der Waals surface area contributed by atoms with Gasteiger partial charge in [0.25, 0.3) is 0 Å². The summed E-state index contributed by atoms with van der Waals surface area (Å²) in [6, 6.07) is 21.0. The van der Waals surface area contributed by atoms with Gasteiger partial charge in [-0.15, -0.1) is 0 Å². The lowest BCUT2D eigenvalue weighted by molar-refractivity contribution is -0.118. The molecule has 4 aromatic rings. The fraction of sp³-hybridized carbons (Fsp3) is 0.290. The fourth-order valence-electron chi connectivity index (χ4n) is 6.04. The van der Waals surface area contributed by atoms with Crippen molar-refractivity contribution in [2.75, 3.05) is 38.7 Å². The van der Waals surface area contributed by atoms with Crippen molar-refractivity contribution in [1.29, 1.82) is 0 Å². The number of hydrogen-bond donors (Lipinski definition) is 2. The van der Waals surface area contributed by atoms with E-state index >= 15 is 0 Å². The summed E-state index contributed by atoms with van der Waals surface area (Å²) in [7, 11) is 1.64. The van der Waals surface area contributed by atoms with Crippen molar-refractivity contribution < 1.29 is 14.3 Å². The molecule has 192 valence electrons. The van der Waals surface area contributed by atoms with Crippen molar-refractivity contribution in [3.63, 3.8) is 0 Å². The Bertz CT molecular complexity index is 1550. The number of benzene rings is 3. The fourth-order valence-corrected chi connectivity index (χ4v) is 6.04. The Morgan fingerprint density at radius 1 is 1.08 bits per heavy atom. The lowest BCUT2D eigenvalue weighted by Crippen LogP contribution is -2.35. The summed E-state index contributed by atoms with van der Waals surface area (Å²) >= 11 is 0. The van der Waals surface area contributed by atoms with Crippen LogP contribution in [0.4, 0.5) is 5.69 Å². The van der Waals surface area contributed by atoms with E-state index in [0.29, 0.717) is 0 Å². The molecule has 38 heavy (non-hydrogen) atoms. The number of H-pyrrole nitrogens is 1. The van der Waals surface area contributed by atoms with Crippen LogP contribution in [0.1, 0.15) is 40.3 Å². The Kier molecular flexibility index (Phi) is 5.56. The van der Waals surface area contributed by atoms with Gasteiger partial charge < -0.3 is 14.8 Å². The molecule has 3 aliphatic rings. The highest BCUT2D eigenvalue weighted by molar-refractivity contribution is 6.10. The first-order valence-corrected chi connectivity index (χ1v) is 13.2. The van der Waals surface area contributed by atoms with E-state index in [1.807, 2.05) is 18.2 Å².